The number of aryl methyl sites for hydroxylation is 1. The van der Waals surface area contributed by atoms with Gasteiger partial charge in [0.1, 0.15) is 41.2 Å². The van der Waals surface area contributed by atoms with Crippen molar-refractivity contribution in [2.24, 2.45) is 0 Å². The molecule has 5 rings (SSSR count). The quantitative estimate of drug-likeness (QED) is 0.188. The molecule has 3 aromatic carbocycles. The number of carboxylic acids is 1. The van der Waals surface area contributed by atoms with Crippen LogP contribution in [0.25, 0.3) is 11.1 Å². The lowest BCUT2D eigenvalue weighted by Crippen LogP contribution is -2.38. The first-order valence-electron chi connectivity index (χ1n) is 11.6. The van der Waals surface area contributed by atoms with Crippen molar-refractivity contribution in [2.75, 3.05) is 0 Å². The molecule has 8 N–H and O–H groups in total. The number of hydrogen-bond acceptors (Lipinski definition) is 10. The van der Waals surface area contributed by atoms with Gasteiger partial charge in [0.2, 0.25) is 0 Å². The van der Waals surface area contributed by atoms with E-state index in [-0.39, 0.29) is 33.4 Å². The zero-order chi connectivity index (χ0) is 28.7. The molecular formula is C27H21NO11. The highest BCUT2D eigenvalue weighted by molar-refractivity contribution is 6.31. The van der Waals surface area contributed by atoms with Crippen molar-refractivity contribution < 1.29 is 54.9 Å². The Morgan fingerprint density at radius 2 is 1.33 bits per heavy atom. The van der Waals surface area contributed by atoms with Crippen molar-refractivity contribution in [3.63, 3.8) is 0 Å². The number of phenols is 4. The Labute approximate surface area is 219 Å². The van der Waals surface area contributed by atoms with E-state index in [2.05, 4.69) is 5.32 Å². The minimum absolute atomic E-state index is 0.103. The first kappa shape index (κ1) is 25.7. The van der Waals surface area contributed by atoms with E-state index in [4.69, 9.17) is 5.11 Å². The number of ketones is 2. The Bertz CT molecular complexity index is 1670. The number of hydrogen-bond donors (Lipinski definition) is 8. The fourth-order valence-electron chi connectivity index (χ4n) is 5.17. The molecule has 3 atom stereocenters. The molecule has 0 bridgehead atoms. The highest BCUT2D eigenvalue weighted by Gasteiger charge is 2.43. The molecule has 2 aliphatic carbocycles. The highest BCUT2D eigenvalue weighted by Crippen LogP contribution is 2.55. The van der Waals surface area contributed by atoms with Gasteiger partial charge in [-0.15, -0.1) is 0 Å². The van der Waals surface area contributed by atoms with Gasteiger partial charge in [-0.1, -0.05) is 6.07 Å². The summed E-state index contributed by atoms with van der Waals surface area (Å²) in [6.07, 6.45) is -3.44. The average Bonchev–Trinajstić information content (AvgIpc) is 2.85. The van der Waals surface area contributed by atoms with E-state index in [1.165, 1.54) is 19.9 Å². The third kappa shape index (κ3) is 3.53. The molecular weight excluding hydrogens is 514 g/mol. The van der Waals surface area contributed by atoms with Gasteiger partial charge in [0, 0.05) is 28.3 Å². The van der Waals surface area contributed by atoms with Gasteiger partial charge in [0.05, 0.1) is 16.7 Å². The van der Waals surface area contributed by atoms with Gasteiger partial charge in [-0.25, -0.2) is 0 Å². The lowest BCUT2D eigenvalue weighted by molar-refractivity contribution is -0.138. The minimum Gasteiger partial charge on any atom is -0.508 e. The van der Waals surface area contributed by atoms with E-state index in [0.717, 1.165) is 18.2 Å². The molecule has 0 heterocycles. The van der Waals surface area contributed by atoms with Crippen LogP contribution in [0.2, 0.25) is 0 Å². The standard InChI is InChI=1S/C27H21NO11/c1-7-3-10-17(24(35)15(7)26(37)28-8(2)27(38)39)18-12(23(34)22(10)33)6-13-19(25(18)36)21(32)11-4-9(29)5-14(30)16(11)20(13)31/h3-6,8,22-23,29-30,33-36H,1-2H3,(H,28,37)(H,38,39)/t8-,22+,23+/m1/s1. The van der Waals surface area contributed by atoms with Gasteiger partial charge >= 0.3 is 5.97 Å². The predicted octanol–water partition coefficient (Wildman–Crippen LogP) is 1.54. The van der Waals surface area contributed by atoms with Crippen LogP contribution in [0.4, 0.5) is 0 Å². The average molecular weight is 535 g/mol. The van der Waals surface area contributed by atoms with Gasteiger partial charge in [0.15, 0.2) is 11.6 Å². The van der Waals surface area contributed by atoms with Crippen LogP contribution >= 0.6 is 0 Å². The van der Waals surface area contributed by atoms with E-state index >= 15 is 0 Å². The number of carbonyl (C=O) groups excluding carboxylic acids is 3. The molecule has 200 valence electrons. The summed E-state index contributed by atoms with van der Waals surface area (Å²) in [5, 5.41) is 75.8. The largest absolute Gasteiger partial charge is 0.508 e. The zero-order valence-electron chi connectivity index (χ0n) is 20.3. The van der Waals surface area contributed by atoms with Crippen molar-refractivity contribution in [1.29, 1.82) is 0 Å². The van der Waals surface area contributed by atoms with Crippen LogP contribution in [0.5, 0.6) is 23.0 Å². The van der Waals surface area contributed by atoms with Crippen LogP contribution in [-0.4, -0.2) is 65.2 Å². The number of fused-ring (bicyclic) bond motifs is 5. The number of phenolic OH excluding ortho intramolecular Hbond substituents is 4. The summed E-state index contributed by atoms with van der Waals surface area (Å²) in [5.41, 5.74) is -3.05. The number of amides is 1. The van der Waals surface area contributed by atoms with E-state index < -0.39 is 86.9 Å². The first-order valence-corrected chi connectivity index (χ1v) is 11.6. The smallest absolute Gasteiger partial charge is 0.325 e. The Morgan fingerprint density at radius 1 is 0.795 bits per heavy atom. The molecule has 0 spiro atoms. The molecule has 3 aromatic rings. The Morgan fingerprint density at radius 3 is 1.95 bits per heavy atom. The number of aliphatic carboxylic acids is 1. The normalized spacial score (nSPS) is 17.9. The SMILES string of the molecule is Cc1cc2c(c(O)c1C(=O)N[C@H](C)C(=O)O)-c1c(cc3c(c1O)C(=O)c1cc(O)cc(O)c1C3=O)[C@H](O)[C@H]2O. The van der Waals surface area contributed by atoms with E-state index in [0.29, 0.717) is 0 Å². The van der Waals surface area contributed by atoms with Crippen molar-refractivity contribution in [2.45, 2.75) is 32.1 Å². The number of aromatic hydroxyl groups is 4. The number of aliphatic hydroxyl groups excluding tert-OH is 2. The lowest BCUT2D eigenvalue weighted by Gasteiger charge is -2.33. The molecule has 0 aliphatic heterocycles. The van der Waals surface area contributed by atoms with Crippen LogP contribution in [0.1, 0.15) is 78.0 Å². The van der Waals surface area contributed by atoms with E-state index in [9.17, 15) is 49.8 Å². The minimum atomic E-state index is -1.74. The molecule has 1 amide bonds. The van der Waals surface area contributed by atoms with Crippen molar-refractivity contribution in [1.82, 2.24) is 5.32 Å². The fraction of sp³-hybridized carbons (Fsp3) is 0.185. The Kier molecular flexibility index (Phi) is 5.63. The summed E-state index contributed by atoms with van der Waals surface area (Å²) in [5.74, 6) is -7.00. The maximum Gasteiger partial charge on any atom is 0.325 e. The second kappa shape index (κ2) is 8.55. The summed E-state index contributed by atoms with van der Waals surface area (Å²) >= 11 is 0. The summed E-state index contributed by atoms with van der Waals surface area (Å²) in [4.78, 5) is 50.8. The summed E-state index contributed by atoms with van der Waals surface area (Å²) in [6.45, 7) is 2.61. The van der Waals surface area contributed by atoms with Crippen LogP contribution in [0.15, 0.2) is 24.3 Å². The van der Waals surface area contributed by atoms with Crippen molar-refractivity contribution in [3.8, 4) is 34.1 Å². The second-order valence-corrected chi connectivity index (χ2v) is 9.46. The molecule has 12 nitrogen and oxygen atoms in total. The number of rotatable bonds is 3. The molecule has 2 aliphatic rings. The molecule has 39 heavy (non-hydrogen) atoms. The zero-order valence-corrected chi connectivity index (χ0v) is 20.3. The van der Waals surface area contributed by atoms with Crippen LogP contribution in [-0.2, 0) is 4.79 Å². The third-order valence-electron chi connectivity index (χ3n) is 7.04. The van der Waals surface area contributed by atoms with E-state index in [1.807, 2.05) is 0 Å². The number of carbonyl (C=O) groups is 4. The molecule has 0 saturated carbocycles. The lowest BCUT2D eigenvalue weighted by atomic mass is 9.74. The molecule has 12 heteroatoms. The molecule has 0 unspecified atom stereocenters. The van der Waals surface area contributed by atoms with Crippen molar-refractivity contribution >= 4 is 23.4 Å². The van der Waals surface area contributed by atoms with Crippen LogP contribution in [0.3, 0.4) is 0 Å². The maximum atomic E-state index is 13.4. The Hall–Kier alpha value is -4.94. The molecule has 0 aromatic heterocycles. The van der Waals surface area contributed by atoms with Crippen molar-refractivity contribution in [3.05, 3.63) is 68.8 Å². The molecule has 0 saturated heterocycles. The number of nitrogens with one attached hydrogen (secondary N) is 1. The van der Waals surface area contributed by atoms with Crippen LogP contribution in [0, 0.1) is 6.92 Å². The second-order valence-electron chi connectivity index (χ2n) is 9.46. The predicted molar refractivity (Wildman–Crippen MR) is 131 cm³/mol. The Balaban J connectivity index is 1.80. The van der Waals surface area contributed by atoms with Gasteiger partial charge in [0.25, 0.3) is 5.91 Å². The highest BCUT2D eigenvalue weighted by atomic mass is 16.4. The van der Waals surface area contributed by atoms with Gasteiger partial charge in [-0.05, 0) is 42.7 Å². The maximum absolute atomic E-state index is 13.4. The summed E-state index contributed by atoms with van der Waals surface area (Å²) < 4.78 is 0. The van der Waals surface area contributed by atoms with Gasteiger partial charge in [-0.2, -0.15) is 0 Å². The molecule has 0 fully saturated rings. The number of carboxylic acid groups (broad SMARTS) is 1. The fourth-order valence-corrected chi connectivity index (χ4v) is 5.17. The van der Waals surface area contributed by atoms with Gasteiger partial charge in [-0.3, -0.25) is 19.2 Å². The van der Waals surface area contributed by atoms with E-state index in [1.54, 1.807) is 0 Å². The number of benzene rings is 3. The number of aliphatic hydroxyl groups is 2. The first-order chi connectivity index (χ1) is 18.3. The molecule has 0 radical (unpaired) electrons. The van der Waals surface area contributed by atoms with Gasteiger partial charge < -0.3 is 41.1 Å². The summed E-state index contributed by atoms with van der Waals surface area (Å²) in [7, 11) is 0. The third-order valence-corrected chi connectivity index (χ3v) is 7.04. The van der Waals surface area contributed by atoms with Crippen LogP contribution < -0.4 is 5.32 Å². The monoisotopic (exact) mass is 535 g/mol. The summed E-state index contributed by atoms with van der Waals surface area (Å²) in [6, 6.07) is 2.78. The topological polar surface area (TPSA) is 222 Å².